The highest BCUT2D eigenvalue weighted by Crippen LogP contribution is 2.23. The van der Waals surface area contributed by atoms with Gasteiger partial charge < -0.3 is 20.0 Å². The Morgan fingerprint density at radius 3 is 2.77 bits per heavy atom. The smallest absolute Gasteiger partial charge is 0.253 e. The van der Waals surface area contributed by atoms with Crippen molar-refractivity contribution in [2.24, 2.45) is 4.99 Å². The van der Waals surface area contributed by atoms with Gasteiger partial charge in [-0.05, 0) is 42.5 Å². The lowest BCUT2D eigenvalue weighted by Crippen LogP contribution is -2.38. The van der Waals surface area contributed by atoms with Gasteiger partial charge in [-0.3, -0.25) is 4.79 Å². The number of nitrogens with one attached hydrogen (secondary N) is 2. The Kier molecular flexibility index (Phi) is 9.99. The average molecular weight is 553 g/mol. The SMILES string of the molecule is CCNC(=NCc1coc(-c2cccs2)n1)NCCc1cccc(C(=O)N(C)C)c1.I. The minimum Gasteiger partial charge on any atom is -0.443 e. The van der Waals surface area contributed by atoms with E-state index in [-0.39, 0.29) is 29.9 Å². The second-order valence-corrected chi connectivity index (χ2v) is 7.84. The molecule has 2 N–H and O–H groups in total. The molecule has 0 radical (unpaired) electrons. The number of hydrogen-bond acceptors (Lipinski definition) is 5. The lowest BCUT2D eigenvalue weighted by molar-refractivity contribution is 0.0827. The summed E-state index contributed by atoms with van der Waals surface area (Å²) in [6, 6.07) is 11.7. The van der Waals surface area contributed by atoms with E-state index >= 15 is 0 Å². The third-order valence-corrected chi connectivity index (χ3v) is 5.17. The number of carbonyl (C=O) groups is 1. The maximum absolute atomic E-state index is 12.1. The zero-order valence-corrected chi connectivity index (χ0v) is 21.1. The number of rotatable bonds is 8. The van der Waals surface area contributed by atoms with E-state index in [0.717, 1.165) is 35.1 Å². The maximum atomic E-state index is 12.1. The molecule has 0 aliphatic heterocycles. The van der Waals surface area contributed by atoms with Crippen molar-refractivity contribution in [1.82, 2.24) is 20.5 Å². The van der Waals surface area contributed by atoms with Crippen molar-refractivity contribution in [3.8, 4) is 10.8 Å². The summed E-state index contributed by atoms with van der Waals surface area (Å²) in [4.78, 5) is 23.8. The molecule has 0 saturated heterocycles. The molecule has 3 rings (SSSR count). The van der Waals surface area contributed by atoms with Gasteiger partial charge in [0.15, 0.2) is 5.96 Å². The van der Waals surface area contributed by atoms with Gasteiger partial charge in [0.2, 0.25) is 5.89 Å². The summed E-state index contributed by atoms with van der Waals surface area (Å²) in [5.74, 6) is 1.35. The van der Waals surface area contributed by atoms with E-state index in [1.165, 1.54) is 0 Å². The number of carbonyl (C=O) groups excluding carboxylic acids is 1. The van der Waals surface area contributed by atoms with Crippen LogP contribution in [0.1, 0.15) is 28.5 Å². The summed E-state index contributed by atoms with van der Waals surface area (Å²) in [6.45, 7) is 3.91. The van der Waals surface area contributed by atoms with Gasteiger partial charge in [-0.2, -0.15) is 0 Å². The van der Waals surface area contributed by atoms with Crippen molar-refractivity contribution < 1.29 is 9.21 Å². The van der Waals surface area contributed by atoms with Crippen molar-refractivity contribution in [3.63, 3.8) is 0 Å². The van der Waals surface area contributed by atoms with E-state index in [0.29, 0.717) is 24.5 Å². The Labute approximate surface area is 204 Å². The average Bonchev–Trinajstić information content (AvgIpc) is 3.43. The number of hydrogen-bond donors (Lipinski definition) is 2. The summed E-state index contributed by atoms with van der Waals surface area (Å²) in [5.41, 5.74) is 2.58. The molecule has 166 valence electrons. The molecule has 1 amide bonds. The highest BCUT2D eigenvalue weighted by molar-refractivity contribution is 14.0. The van der Waals surface area contributed by atoms with Crippen molar-refractivity contribution in [3.05, 3.63) is 64.9 Å². The summed E-state index contributed by atoms with van der Waals surface area (Å²) in [5, 5.41) is 8.57. The zero-order valence-electron chi connectivity index (χ0n) is 17.9. The van der Waals surface area contributed by atoms with Gasteiger partial charge in [0.05, 0.1) is 11.4 Å². The van der Waals surface area contributed by atoms with Crippen molar-refractivity contribution in [2.45, 2.75) is 19.9 Å². The molecular formula is C22H28IN5O2S. The fourth-order valence-corrected chi connectivity index (χ4v) is 3.49. The molecule has 0 aliphatic rings. The first-order valence-electron chi connectivity index (χ1n) is 9.88. The van der Waals surface area contributed by atoms with Crippen LogP contribution < -0.4 is 10.6 Å². The summed E-state index contributed by atoms with van der Waals surface area (Å²) >= 11 is 1.59. The molecule has 2 aromatic heterocycles. The maximum Gasteiger partial charge on any atom is 0.253 e. The van der Waals surface area contributed by atoms with E-state index in [1.807, 2.05) is 48.7 Å². The number of guanidine groups is 1. The molecule has 0 aliphatic carbocycles. The van der Waals surface area contributed by atoms with Gasteiger partial charge in [0, 0.05) is 32.7 Å². The lowest BCUT2D eigenvalue weighted by atomic mass is 10.1. The predicted octanol–water partition coefficient (Wildman–Crippen LogP) is 4.02. The standard InChI is InChI=1S/C22H27N5O2S.HI/c1-4-23-22(25-14-18-15-29-20(26-18)19-9-6-12-30-19)24-11-10-16-7-5-8-17(13-16)21(28)27(2)3;/h5-9,12-13,15H,4,10-11,14H2,1-3H3,(H2,23,24,25);1H. The number of oxazole rings is 1. The topological polar surface area (TPSA) is 82.8 Å². The minimum absolute atomic E-state index is 0. The van der Waals surface area contributed by atoms with Crippen LogP contribution in [0.2, 0.25) is 0 Å². The highest BCUT2D eigenvalue weighted by atomic mass is 127. The molecule has 9 heteroatoms. The molecule has 0 spiro atoms. The molecular weight excluding hydrogens is 525 g/mol. The van der Waals surface area contributed by atoms with Gasteiger partial charge in [-0.25, -0.2) is 9.98 Å². The van der Waals surface area contributed by atoms with Crippen molar-refractivity contribution in [1.29, 1.82) is 0 Å². The Bertz CT molecular complexity index is 985. The first-order chi connectivity index (χ1) is 14.6. The van der Waals surface area contributed by atoms with Crippen LogP contribution in [0, 0.1) is 0 Å². The third-order valence-electron chi connectivity index (χ3n) is 4.31. The second-order valence-electron chi connectivity index (χ2n) is 6.89. The Morgan fingerprint density at radius 1 is 1.23 bits per heavy atom. The molecule has 0 fully saturated rings. The van der Waals surface area contributed by atoms with Crippen molar-refractivity contribution in [2.75, 3.05) is 27.2 Å². The Morgan fingerprint density at radius 2 is 2.06 bits per heavy atom. The number of amides is 1. The number of nitrogens with zero attached hydrogens (tertiary/aromatic N) is 3. The van der Waals surface area contributed by atoms with Crippen LogP contribution in [0.3, 0.4) is 0 Å². The molecule has 7 nitrogen and oxygen atoms in total. The van der Waals surface area contributed by atoms with Crippen LogP contribution in [-0.4, -0.2) is 48.9 Å². The van der Waals surface area contributed by atoms with E-state index in [1.54, 1.807) is 36.6 Å². The van der Waals surface area contributed by atoms with Crippen LogP contribution in [0.5, 0.6) is 0 Å². The zero-order chi connectivity index (χ0) is 21.3. The number of benzene rings is 1. The molecule has 2 heterocycles. The largest absolute Gasteiger partial charge is 0.443 e. The van der Waals surface area contributed by atoms with E-state index < -0.39 is 0 Å². The molecule has 0 unspecified atom stereocenters. The quantitative estimate of drug-likeness (QED) is 0.250. The Hall–Kier alpha value is -2.40. The molecule has 0 atom stereocenters. The summed E-state index contributed by atoms with van der Waals surface area (Å²) in [6.07, 6.45) is 2.43. The molecule has 31 heavy (non-hydrogen) atoms. The Balaban J connectivity index is 0.00000341. The minimum atomic E-state index is 0. The fraction of sp³-hybridized carbons (Fsp3) is 0.318. The molecule has 3 aromatic rings. The normalized spacial score (nSPS) is 11.0. The first-order valence-corrected chi connectivity index (χ1v) is 10.8. The molecule has 0 bridgehead atoms. The van der Waals surface area contributed by atoms with Crippen LogP contribution in [0.25, 0.3) is 10.8 Å². The lowest BCUT2D eigenvalue weighted by Gasteiger charge is -2.13. The highest BCUT2D eigenvalue weighted by Gasteiger charge is 2.09. The van der Waals surface area contributed by atoms with E-state index in [4.69, 9.17) is 4.42 Å². The van der Waals surface area contributed by atoms with E-state index in [9.17, 15) is 4.79 Å². The van der Waals surface area contributed by atoms with E-state index in [2.05, 4.69) is 20.6 Å². The molecule has 1 aromatic carbocycles. The fourth-order valence-electron chi connectivity index (χ4n) is 2.84. The van der Waals surface area contributed by atoms with Gasteiger partial charge in [0.1, 0.15) is 12.0 Å². The third kappa shape index (κ3) is 7.35. The van der Waals surface area contributed by atoms with Crippen molar-refractivity contribution >= 4 is 47.2 Å². The number of halogens is 1. The van der Waals surface area contributed by atoms with Gasteiger partial charge >= 0.3 is 0 Å². The van der Waals surface area contributed by atoms with Crippen LogP contribution in [0.15, 0.2) is 57.5 Å². The number of aliphatic imine (C=N–C) groups is 1. The van der Waals surface area contributed by atoms with Gasteiger partial charge in [-0.1, -0.05) is 18.2 Å². The predicted molar refractivity (Wildman–Crippen MR) is 136 cm³/mol. The van der Waals surface area contributed by atoms with Crippen LogP contribution >= 0.6 is 35.3 Å². The monoisotopic (exact) mass is 553 g/mol. The second kappa shape index (κ2) is 12.5. The van der Waals surface area contributed by atoms with Gasteiger partial charge in [0.25, 0.3) is 5.91 Å². The van der Waals surface area contributed by atoms with Crippen LogP contribution in [-0.2, 0) is 13.0 Å². The number of thiophene rings is 1. The summed E-state index contributed by atoms with van der Waals surface area (Å²) < 4.78 is 5.55. The molecule has 0 saturated carbocycles. The van der Waals surface area contributed by atoms with Crippen LogP contribution in [0.4, 0.5) is 0 Å². The number of aromatic nitrogens is 1. The summed E-state index contributed by atoms with van der Waals surface area (Å²) in [7, 11) is 3.52. The first kappa shape index (κ1) is 24.9. The van der Waals surface area contributed by atoms with Gasteiger partial charge in [-0.15, -0.1) is 35.3 Å².